The Morgan fingerprint density at radius 2 is 2.09 bits per heavy atom. The topological polar surface area (TPSA) is 74.1 Å². The molecule has 0 aliphatic rings. The van der Waals surface area contributed by atoms with Crippen LogP contribution < -0.4 is 14.8 Å². The van der Waals surface area contributed by atoms with E-state index in [0.29, 0.717) is 12.5 Å². The highest BCUT2D eigenvalue weighted by Gasteiger charge is 2.09. The van der Waals surface area contributed by atoms with E-state index in [1.54, 1.807) is 11.8 Å². The normalized spacial score (nSPS) is 10.8. The van der Waals surface area contributed by atoms with Gasteiger partial charge in [0.2, 0.25) is 5.95 Å². The van der Waals surface area contributed by atoms with Crippen LogP contribution in [0.25, 0.3) is 0 Å². The number of rotatable bonds is 8. The van der Waals surface area contributed by atoms with Crippen LogP contribution in [-0.4, -0.2) is 33.4 Å². The van der Waals surface area contributed by atoms with Crippen LogP contribution in [0.15, 0.2) is 18.2 Å². The highest BCUT2D eigenvalue weighted by molar-refractivity contribution is 5.44. The SMILES string of the molecule is CCCn1nnnc1NCc1ccc(OC(C)C)c(OC)c1. The Kier molecular flexibility index (Phi) is 5.57. The van der Waals surface area contributed by atoms with Gasteiger partial charge in [-0.05, 0) is 48.4 Å². The largest absolute Gasteiger partial charge is 0.493 e. The van der Waals surface area contributed by atoms with Gasteiger partial charge in [0.25, 0.3) is 0 Å². The lowest BCUT2D eigenvalue weighted by Crippen LogP contribution is -2.09. The molecule has 0 saturated heterocycles. The average Bonchev–Trinajstić information content (AvgIpc) is 2.93. The molecule has 0 aliphatic heterocycles. The summed E-state index contributed by atoms with van der Waals surface area (Å²) in [4.78, 5) is 0. The standard InChI is InChI=1S/C15H23N5O2/c1-5-8-20-15(17-18-19-20)16-10-12-6-7-13(22-11(2)3)14(9-12)21-4/h6-7,9,11H,5,8,10H2,1-4H3,(H,16,17,19). The Hall–Kier alpha value is -2.31. The molecule has 7 nitrogen and oxygen atoms in total. The number of methoxy groups -OCH3 is 1. The lowest BCUT2D eigenvalue weighted by Gasteiger charge is -2.14. The third kappa shape index (κ3) is 4.09. The molecule has 0 saturated carbocycles. The number of nitrogens with zero attached hydrogens (tertiary/aromatic N) is 4. The fourth-order valence-electron chi connectivity index (χ4n) is 2.05. The predicted octanol–water partition coefficient (Wildman–Crippen LogP) is 2.49. The van der Waals surface area contributed by atoms with E-state index in [9.17, 15) is 0 Å². The number of tetrazole rings is 1. The van der Waals surface area contributed by atoms with Crippen LogP contribution in [0.3, 0.4) is 0 Å². The fourth-order valence-corrected chi connectivity index (χ4v) is 2.05. The monoisotopic (exact) mass is 305 g/mol. The molecule has 2 rings (SSSR count). The van der Waals surface area contributed by atoms with E-state index in [1.807, 2.05) is 32.0 Å². The van der Waals surface area contributed by atoms with E-state index >= 15 is 0 Å². The lowest BCUT2D eigenvalue weighted by atomic mass is 10.2. The van der Waals surface area contributed by atoms with Crippen molar-refractivity contribution in [2.45, 2.75) is 46.4 Å². The molecular formula is C15H23N5O2. The summed E-state index contributed by atoms with van der Waals surface area (Å²) < 4.78 is 12.9. The smallest absolute Gasteiger partial charge is 0.243 e. The van der Waals surface area contributed by atoms with Crippen molar-refractivity contribution in [3.05, 3.63) is 23.8 Å². The minimum Gasteiger partial charge on any atom is -0.493 e. The van der Waals surface area contributed by atoms with Gasteiger partial charge in [0, 0.05) is 13.1 Å². The summed E-state index contributed by atoms with van der Waals surface area (Å²) in [5.41, 5.74) is 1.07. The van der Waals surface area contributed by atoms with Crippen LogP contribution >= 0.6 is 0 Å². The third-order valence-electron chi connectivity index (χ3n) is 3.01. The van der Waals surface area contributed by atoms with Crippen molar-refractivity contribution >= 4 is 5.95 Å². The number of hydrogen-bond acceptors (Lipinski definition) is 6. The van der Waals surface area contributed by atoms with Gasteiger partial charge in [-0.3, -0.25) is 0 Å². The molecule has 1 aromatic carbocycles. The average molecular weight is 305 g/mol. The molecule has 0 unspecified atom stereocenters. The van der Waals surface area contributed by atoms with Gasteiger partial charge in [0.15, 0.2) is 11.5 Å². The zero-order valence-electron chi connectivity index (χ0n) is 13.5. The van der Waals surface area contributed by atoms with Crippen molar-refractivity contribution < 1.29 is 9.47 Å². The number of anilines is 1. The number of hydrogen-bond donors (Lipinski definition) is 1. The summed E-state index contributed by atoms with van der Waals surface area (Å²) in [6, 6.07) is 5.88. The number of ether oxygens (including phenoxy) is 2. The number of benzene rings is 1. The summed E-state index contributed by atoms with van der Waals surface area (Å²) in [7, 11) is 1.64. The predicted molar refractivity (Wildman–Crippen MR) is 84.2 cm³/mol. The molecular weight excluding hydrogens is 282 g/mol. The van der Waals surface area contributed by atoms with Crippen molar-refractivity contribution in [2.75, 3.05) is 12.4 Å². The van der Waals surface area contributed by atoms with Crippen molar-refractivity contribution in [3.63, 3.8) is 0 Å². The van der Waals surface area contributed by atoms with E-state index in [0.717, 1.165) is 30.0 Å². The van der Waals surface area contributed by atoms with E-state index in [2.05, 4.69) is 27.8 Å². The third-order valence-corrected chi connectivity index (χ3v) is 3.01. The Morgan fingerprint density at radius 3 is 2.77 bits per heavy atom. The van der Waals surface area contributed by atoms with E-state index in [-0.39, 0.29) is 6.10 Å². The summed E-state index contributed by atoms with van der Waals surface area (Å²) in [5.74, 6) is 2.14. The fraction of sp³-hybridized carbons (Fsp3) is 0.533. The van der Waals surface area contributed by atoms with Crippen LogP contribution in [0.5, 0.6) is 11.5 Å². The van der Waals surface area contributed by atoms with Gasteiger partial charge in [-0.1, -0.05) is 18.1 Å². The maximum absolute atomic E-state index is 5.71. The Labute approximate surface area is 130 Å². The molecule has 7 heteroatoms. The van der Waals surface area contributed by atoms with Crippen molar-refractivity contribution in [3.8, 4) is 11.5 Å². The first-order valence-corrected chi connectivity index (χ1v) is 7.47. The minimum atomic E-state index is 0.108. The van der Waals surface area contributed by atoms with Crippen LogP contribution in [-0.2, 0) is 13.1 Å². The minimum absolute atomic E-state index is 0.108. The Bertz CT molecular complexity index is 597. The summed E-state index contributed by atoms with van der Waals surface area (Å²) in [6.07, 6.45) is 1.09. The zero-order valence-corrected chi connectivity index (χ0v) is 13.5. The van der Waals surface area contributed by atoms with E-state index < -0.39 is 0 Å². The zero-order chi connectivity index (χ0) is 15.9. The Balaban J connectivity index is 2.05. The molecule has 0 radical (unpaired) electrons. The first-order chi connectivity index (χ1) is 10.6. The second kappa shape index (κ2) is 7.63. The Morgan fingerprint density at radius 1 is 1.27 bits per heavy atom. The first-order valence-electron chi connectivity index (χ1n) is 7.47. The molecule has 1 heterocycles. The molecule has 0 atom stereocenters. The molecule has 0 spiro atoms. The van der Waals surface area contributed by atoms with Gasteiger partial charge in [-0.2, -0.15) is 0 Å². The molecule has 22 heavy (non-hydrogen) atoms. The molecule has 0 bridgehead atoms. The van der Waals surface area contributed by atoms with Gasteiger partial charge in [0.05, 0.1) is 13.2 Å². The second-order valence-corrected chi connectivity index (χ2v) is 5.23. The molecule has 0 fully saturated rings. The highest BCUT2D eigenvalue weighted by atomic mass is 16.5. The molecule has 0 aliphatic carbocycles. The summed E-state index contributed by atoms with van der Waals surface area (Å²) >= 11 is 0. The maximum Gasteiger partial charge on any atom is 0.243 e. The highest BCUT2D eigenvalue weighted by Crippen LogP contribution is 2.29. The maximum atomic E-state index is 5.71. The molecule has 120 valence electrons. The quantitative estimate of drug-likeness (QED) is 0.807. The summed E-state index contributed by atoms with van der Waals surface area (Å²) in [5, 5.41) is 14.9. The first kappa shape index (κ1) is 16.1. The van der Waals surface area contributed by atoms with Crippen LogP contribution in [0, 0.1) is 0 Å². The van der Waals surface area contributed by atoms with Crippen molar-refractivity contribution in [2.24, 2.45) is 0 Å². The number of aromatic nitrogens is 4. The molecule has 0 amide bonds. The number of aryl methyl sites for hydroxylation is 1. The van der Waals surface area contributed by atoms with Crippen molar-refractivity contribution in [1.82, 2.24) is 20.2 Å². The van der Waals surface area contributed by atoms with Crippen LogP contribution in [0.4, 0.5) is 5.95 Å². The van der Waals surface area contributed by atoms with Gasteiger partial charge < -0.3 is 14.8 Å². The van der Waals surface area contributed by atoms with Gasteiger partial charge in [-0.15, -0.1) is 0 Å². The van der Waals surface area contributed by atoms with E-state index in [4.69, 9.17) is 9.47 Å². The van der Waals surface area contributed by atoms with Gasteiger partial charge >= 0.3 is 0 Å². The van der Waals surface area contributed by atoms with Crippen LogP contribution in [0.2, 0.25) is 0 Å². The lowest BCUT2D eigenvalue weighted by molar-refractivity contribution is 0.230. The van der Waals surface area contributed by atoms with Crippen LogP contribution in [0.1, 0.15) is 32.8 Å². The molecule has 1 aromatic heterocycles. The van der Waals surface area contributed by atoms with E-state index in [1.165, 1.54) is 0 Å². The van der Waals surface area contributed by atoms with Gasteiger partial charge in [0.1, 0.15) is 0 Å². The summed E-state index contributed by atoms with van der Waals surface area (Å²) in [6.45, 7) is 7.47. The van der Waals surface area contributed by atoms with Crippen molar-refractivity contribution in [1.29, 1.82) is 0 Å². The number of nitrogens with one attached hydrogen (secondary N) is 1. The molecule has 1 N–H and O–H groups in total. The van der Waals surface area contributed by atoms with Gasteiger partial charge in [-0.25, -0.2) is 4.68 Å². The second-order valence-electron chi connectivity index (χ2n) is 5.23. The molecule has 2 aromatic rings.